The van der Waals surface area contributed by atoms with Gasteiger partial charge in [0.2, 0.25) is 5.95 Å². The highest BCUT2D eigenvalue weighted by Gasteiger charge is 2.49. The average molecular weight is 382 g/mol. The van der Waals surface area contributed by atoms with Gasteiger partial charge in [-0.05, 0) is 0 Å². The lowest BCUT2D eigenvalue weighted by Crippen LogP contribution is -2.63. The number of aromatic nitrogens is 2. The fourth-order valence-corrected chi connectivity index (χ4v) is 5.41. The van der Waals surface area contributed by atoms with E-state index in [-0.39, 0.29) is 36.5 Å². The molecule has 0 bridgehead atoms. The monoisotopic (exact) mass is 382 g/mol. The molecule has 0 aromatic carbocycles. The maximum atomic E-state index is 12.9. The predicted octanol–water partition coefficient (Wildman–Crippen LogP) is -0.877. The molecular weight excluding hydrogens is 360 g/mol. The third kappa shape index (κ3) is 3.30. The van der Waals surface area contributed by atoms with Crippen molar-refractivity contribution in [3.05, 3.63) is 18.0 Å². The number of hydrogen-bond donors (Lipinski definition) is 1. The number of sulfone groups is 1. The Morgan fingerprint density at radius 3 is 2.19 bits per heavy atom. The number of anilines is 1. The number of carbonyl (C=O) groups is 2. The lowest BCUT2D eigenvalue weighted by atomic mass is 10.0. The van der Waals surface area contributed by atoms with Crippen LogP contribution in [-0.2, 0) is 9.84 Å². The molecule has 0 radical (unpaired) electrons. The first-order valence-electron chi connectivity index (χ1n) is 8.22. The van der Waals surface area contributed by atoms with Crippen LogP contribution in [0.3, 0.4) is 0 Å². The first-order valence-corrected chi connectivity index (χ1v) is 10.0. The van der Waals surface area contributed by atoms with E-state index in [1.807, 2.05) is 0 Å². The van der Waals surface area contributed by atoms with Crippen LogP contribution in [0.25, 0.3) is 0 Å². The Bertz CT molecular complexity index is 810. The second-order valence-electron chi connectivity index (χ2n) is 6.63. The highest BCUT2D eigenvalue weighted by molar-refractivity contribution is 7.91. The quantitative estimate of drug-likeness (QED) is 0.706. The SMILES string of the molecule is CNc1ncc(C(=O)N2CCN(C(=O)N(C)C)[C@H]3CS(=O)(=O)C[C@H]32)cn1. The van der Waals surface area contributed by atoms with Crippen molar-refractivity contribution in [2.45, 2.75) is 12.1 Å². The minimum Gasteiger partial charge on any atom is -0.357 e. The van der Waals surface area contributed by atoms with Crippen molar-refractivity contribution < 1.29 is 18.0 Å². The first kappa shape index (κ1) is 18.4. The van der Waals surface area contributed by atoms with Gasteiger partial charge in [-0.15, -0.1) is 0 Å². The number of nitrogens with one attached hydrogen (secondary N) is 1. The normalized spacial score (nSPS) is 24.1. The summed E-state index contributed by atoms with van der Waals surface area (Å²) in [6, 6.07) is -1.34. The van der Waals surface area contributed by atoms with Crippen molar-refractivity contribution in [3.8, 4) is 0 Å². The van der Waals surface area contributed by atoms with Crippen LogP contribution in [0.5, 0.6) is 0 Å². The number of carbonyl (C=O) groups excluding carboxylic acids is 2. The second kappa shape index (κ2) is 6.71. The number of urea groups is 1. The number of nitrogens with zero attached hydrogens (tertiary/aromatic N) is 5. The smallest absolute Gasteiger partial charge is 0.319 e. The minimum atomic E-state index is -3.33. The van der Waals surface area contributed by atoms with E-state index < -0.39 is 21.9 Å². The molecule has 10 nitrogen and oxygen atoms in total. The molecule has 142 valence electrons. The summed E-state index contributed by atoms with van der Waals surface area (Å²) in [6.45, 7) is 0.553. The first-order chi connectivity index (χ1) is 12.2. The molecular formula is C15H22N6O4S. The van der Waals surface area contributed by atoms with Gasteiger partial charge >= 0.3 is 6.03 Å². The van der Waals surface area contributed by atoms with Gasteiger partial charge in [0, 0.05) is 46.6 Å². The molecule has 2 atom stereocenters. The third-order valence-electron chi connectivity index (χ3n) is 4.69. The van der Waals surface area contributed by atoms with Crippen molar-refractivity contribution in [3.63, 3.8) is 0 Å². The Morgan fingerprint density at radius 1 is 1.12 bits per heavy atom. The number of hydrogen-bond acceptors (Lipinski definition) is 7. The van der Waals surface area contributed by atoms with Gasteiger partial charge in [0.15, 0.2) is 9.84 Å². The number of piperazine rings is 1. The molecule has 0 spiro atoms. The Balaban J connectivity index is 1.87. The van der Waals surface area contributed by atoms with Crippen LogP contribution in [0, 0.1) is 0 Å². The summed E-state index contributed by atoms with van der Waals surface area (Å²) in [7, 11) is 1.59. The highest BCUT2D eigenvalue weighted by atomic mass is 32.2. The van der Waals surface area contributed by atoms with E-state index >= 15 is 0 Å². The minimum absolute atomic E-state index is 0.129. The highest BCUT2D eigenvalue weighted by Crippen LogP contribution is 2.28. The zero-order valence-corrected chi connectivity index (χ0v) is 15.7. The fraction of sp³-hybridized carbons (Fsp3) is 0.600. The van der Waals surface area contributed by atoms with Gasteiger partial charge in [-0.1, -0.05) is 0 Å². The summed E-state index contributed by atoms with van der Waals surface area (Å²) >= 11 is 0. The molecule has 2 aliphatic heterocycles. The summed E-state index contributed by atoms with van der Waals surface area (Å²) in [5.41, 5.74) is 0.291. The zero-order valence-electron chi connectivity index (χ0n) is 14.9. The van der Waals surface area contributed by atoms with Gasteiger partial charge < -0.3 is 20.0 Å². The number of rotatable bonds is 2. The molecule has 2 fully saturated rings. The van der Waals surface area contributed by atoms with Gasteiger partial charge in [0.05, 0.1) is 29.2 Å². The van der Waals surface area contributed by atoms with Crippen molar-refractivity contribution in [1.82, 2.24) is 24.7 Å². The second-order valence-corrected chi connectivity index (χ2v) is 8.78. The molecule has 1 N–H and O–H groups in total. The van der Waals surface area contributed by atoms with E-state index in [0.29, 0.717) is 11.5 Å². The molecule has 1 aromatic rings. The van der Waals surface area contributed by atoms with Gasteiger partial charge in [-0.25, -0.2) is 23.2 Å². The molecule has 26 heavy (non-hydrogen) atoms. The van der Waals surface area contributed by atoms with Gasteiger partial charge in [0.1, 0.15) is 0 Å². The summed E-state index contributed by atoms with van der Waals surface area (Å²) < 4.78 is 24.4. The van der Waals surface area contributed by atoms with Crippen LogP contribution in [-0.4, -0.2) is 103 Å². The summed E-state index contributed by atoms with van der Waals surface area (Å²) in [5, 5.41) is 2.77. The number of amides is 3. The summed E-state index contributed by atoms with van der Waals surface area (Å²) in [5.74, 6) is -0.201. The van der Waals surface area contributed by atoms with Crippen molar-refractivity contribution >= 4 is 27.7 Å². The maximum Gasteiger partial charge on any atom is 0.319 e. The van der Waals surface area contributed by atoms with Gasteiger partial charge in [-0.3, -0.25) is 4.79 Å². The van der Waals surface area contributed by atoms with Crippen molar-refractivity contribution in [2.24, 2.45) is 0 Å². The van der Waals surface area contributed by atoms with E-state index in [1.165, 1.54) is 22.2 Å². The Morgan fingerprint density at radius 2 is 1.65 bits per heavy atom. The van der Waals surface area contributed by atoms with Crippen molar-refractivity contribution in [1.29, 1.82) is 0 Å². The Labute approximate surface area is 152 Å². The van der Waals surface area contributed by atoms with Crippen LogP contribution in [0.4, 0.5) is 10.7 Å². The largest absolute Gasteiger partial charge is 0.357 e. The van der Waals surface area contributed by atoms with Crippen LogP contribution in [0.1, 0.15) is 10.4 Å². The maximum absolute atomic E-state index is 12.9. The van der Waals surface area contributed by atoms with Crippen LogP contribution in [0.2, 0.25) is 0 Å². The van der Waals surface area contributed by atoms with Crippen LogP contribution < -0.4 is 5.32 Å². The molecule has 0 aliphatic carbocycles. The van der Waals surface area contributed by atoms with Gasteiger partial charge in [-0.2, -0.15) is 0 Å². The molecule has 3 rings (SSSR count). The van der Waals surface area contributed by atoms with E-state index in [9.17, 15) is 18.0 Å². The van der Waals surface area contributed by atoms with E-state index in [2.05, 4.69) is 15.3 Å². The Kier molecular flexibility index (Phi) is 4.74. The number of fused-ring (bicyclic) bond motifs is 1. The molecule has 3 heterocycles. The van der Waals surface area contributed by atoms with Crippen molar-refractivity contribution in [2.75, 3.05) is 51.1 Å². The lowest BCUT2D eigenvalue weighted by Gasteiger charge is -2.44. The average Bonchev–Trinajstić information content (AvgIpc) is 2.94. The molecule has 2 aliphatic rings. The molecule has 3 amide bonds. The third-order valence-corrected chi connectivity index (χ3v) is 6.39. The summed E-state index contributed by atoms with van der Waals surface area (Å²) in [4.78, 5) is 37.9. The molecule has 2 saturated heterocycles. The summed E-state index contributed by atoms with van der Waals surface area (Å²) in [6.07, 6.45) is 2.83. The zero-order chi connectivity index (χ0) is 19.1. The molecule has 0 unspecified atom stereocenters. The van der Waals surface area contributed by atoms with Crippen LogP contribution >= 0.6 is 0 Å². The van der Waals surface area contributed by atoms with E-state index in [0.717, 1.165) is 0 Å². The van der Waals surface area contributed by atoms with Gasteiger partial charge in [0.25, 0.3) is 5.91 Å². The molecule has 0 saturated carbocycles. The van der Waals surface area contributed by atoms with E-state index in [1.54, 1.807) is 26.0 Å². The molecule has 11 heteroatoms. The topological polar surface area (TPSA) is 116 Å². The standard InChI is InChI=1S/C15H22N6O4S/c1-16-14-17-6-10(7-18-14)13(22)20-4-5-21(15(23)19(2)3)12-9-26(24,25)8-11(12)20/h6-7,11-12H,4-5,8-9H2,1-3H3,(H,16,17,18)/t11-,12+/m1/s1. The fourth-order valence-electron chi connectivity index (χ4n) is 3.43. The molecule has 1 aromatic heterocycles. The Hall–Kier alpha value is -2.43. The van der Waals surface area contributed by atoms with E-state index in [4.69, 9.17) is 0 Å². The van der Waals surface area contributed by atoms with Crippen LogP contribution in [0.15, 0.2) is 12.4 Å². The lowest BCUT2D eigenvalue weighted by molar-refractivity contribution is 0.0392. The predicted molar refractivity (Wildman–Crippen MR) is 94.6 cm³/mol.